The molecule has 0 rings (SSSR count). The summed E-state index contributed by atoms with van der Waals surface area (Å²) in [6.07, 6.45) is 15.2. The summed E-state index contributed by atoms with van der Waals surface area (Å²) in [6.45, 7) is 2.25. The lowest BCUT2D eigenvalue weighted by atomic mass is 10.0. The maximum Gasteiger partial charge on any atom is 0.303 e. The molecule has 0 aliphatic rings. The van der Waals surface area contributed by atoms with E-state index in [-0.39, 0.29) is 0 Å². The van der Waals surface area contributed by atoms with Crippen molar-refractivity contribution in [2.75, 3.05) is 0 Å². The minimum atomic E-state index is -0.682. The van der Waals surface area contributed by atoms with Crippen LogP contribution in [0.3, 0.4) is 0 Å². The molecule has 0 saturated carbocycles. The standard InChI is InChI=1S/C16H32O2S/c1-2-3-4-5-6-7-8-9-12-15(19)13-10-11-14-16(17)18/h15,19H,2-14H2,1H3,(H,17,18). The van der Waals surface area contributed by atoms with Gasteiger partial charge in [-0.25, -0.2) is 0 Å². The summed E-state index contributed by atoms with van der Waals surface area (Å²) in [5.74, 6) is -0.682. The van der Waals surface area contributed by atoms with E-state index < -0.39 is 5.97 Å². The second-order valence-electron chi connectivity index (χ2n) is 5.56. The summed E-state index contributed by atoms with van der Waals surface area (Å²) < 4.78 is 0. The Kier molecular flexibility index (Phi) is 14.1. The first-order valence-electron chi connectivity index (χ1n) is 8.06. The van der Waals surface area contributed by atoms with Crippen molar-refractivity contribution >= 4 is 18.6 Å². The minimum absolute atomic E-state index is 0.304. The average molecular weight is 288 g/mol. The molecule has 0 aromatic heterocycles. The molecule has 0 radical (unpaired) electrons. The van der Waals surface area contributed by atoms with E-state index >= 15 is 0 Å². The molecule has 2 nitrogen and oxygen atoms in total. The van der Waals surface area contributed by atoms with Gasteiger partial charge in [0.15, 0.2) is 0 Å². The second kappa shape index (κ2) is 14.2. The normalized spacial score (nSPS) is 12.5. The summed E-state index contributed by atoms with van der Waals surface area (Å²) >= 11 is 4.58. The molecule has 0 aliphatic carbocycles. The fourth-order valence-electron chi connectivity index (χ4n) is 2.31. The molecule has 0 bridgehead atoms. The van der Waals surface area contributed by atoms with Crippen LogP contribution in [0.15, 0.2) is 0 Å². The average Bonchev–Trinajstić information content (AvgIpc) is 2.37. The lowest BCUT2D eigenvalue weighted by molar-refractivity contribution is -0.137. The smallest absolute Gasteiger partial charge is 0.303 e. The Bertz CT molecular complexity index is 207. The van der Waals surface area contributed by atoms with Gasteiger partial charge in [0.2, 0.25) is 0 Å². The predicted molar refractivity (Wildman–Crippen MR) is 86.1 cm³/mol. The van der Waals surface area contributed by atoms with Gasteiger partial charge in [-0.2, -0.15) is 12.6 Å². The number of unbranched alkanes of at least 4 members (excludes halogenated alkanes) is 8. The molecule has 0 spiro atoms. The first-order chi connectivity index (χ1) is 9.16. The van der Waals surface area contributed by atoms with Crippen molar-refractivity contribution in [3.8, 4) is 0 Å². The quantitative estimate of drug-likeness (QED) is 0.329. The third-order valence-electron chi connectivity index (χ3n) is 3.57. The van der Waals surface area contributed by atoms with Crippen LogP contribution < -0.4 is 0 Å². The highest BCUT2D eigenvalue weighted by molar-refractivity contribution is 7.80. The minimum Gasteiger partial charge on any atom is -0.481 e. The first-order valence-corrected chi connectivity index (χ1v) is 8.58. The molecule has 1 unspecified atom stereocenters. The fourth-order valence-corrected chi connectivity index (χ4v) is 2.68. The van der Waals surface area contributed by atoms with Crippen molar-refractivity contribution in [3.63, 3.8) is 0 Å². The van der Waals surface area contributed by atoms with Gasteiger partial charge in [0.05, 0.1) is 0 Å². The molecule has 0 heterocycles. The van der Waals surface area contributed by atoms with Crippen molar-refractivity contribution < 1.29 is 9.90 Å². The number of rotatable bonds is 14. The van der Waals surface area contributed by atoms with Gasteiger partial charge in [-0.05, 0) is 19.3 Å². The molecule has 0 fully saturated rings. The monoisotopic (exact) mass is 288 g/mol. The highest BCUT2D eigenvalue weighted by Crippen LogP contribution is 2.17. The van der Waals surface area contributed by atoms with E-state index in [4.69, 9.17) is 5.11 Å². The maximum atomic E-state index is 10.4. The van der Waals surface area contributed by atoms with Crippen LogP contribution >= 0.6 is 12.6 Å². The van der Waals surface area contributed by atoms with Crippen LogP contribution in [-0.4, -0.2) is 16.3 Å². The summed E-state index contributed by atoms with van der Waals surface area (Å²) in [4.78, 5) is 10.4. The zero-order valence-electron chi connectivity index (χ0n) is 12.6. The number of hydrogen-bond acceptors (Lipinski definition) is 2. The fraction of sp³-hybridized carbons (Fsp3) is 0.938. The van der Waals surface area contributed by atoms with Crippen LogP contribution in [0.4, 0.5) is 0 Å². The molecular weight excluding hydrogens is 256 g/mol. The Morgan fingerprint density at radius 2 is 1.37 bits per heavy atom. The van der Waals surface area contributed by atoms with Crippen LogP contribution in [0.1, 0.15) is 90.4 Å². The SMILES string of the molecule is CCCCCCCCCCC(S)CCCCC(=O)O. The Hall–Kier alpha value is -0.180. The second-order valence-corrected chi connectivity index (χ2v) is 6.29. The van der Waals surface area contributed by atoms with Crippen molar-refractivity contribution in [1.29, 1.82) is 0 Å². The molecule has 114 valence electrons. The number of carboxylic acid groups (broad SMARTS) is 1. The molecule has 0 aliphatic heterocycles. The Balaban J connectivity index is 3.15. The van der Waals surface area contributed by atoms with E-state index in [9.17, 15) is 4.79 Å². The van der Waals surface area contributed by atoms with Crippen LogP contribution in [0, 0.1) is 0 Å². The third kappa shape index (κ3) is 15.8. The lowest BCUT2D eigenvalue weighted by Gasteiger charge is -2.09. The molecule has 0 aromatic rings. The van der Waals surface area contributed by atoms with Gasteiger partial charge in [0.1, 0.15) is 0 Å². The van der Waals surface area contributed by atoms with Crippen molar-refractivity contribution in [2.24, 2.45) is 0 Å². The topological polar surface area (TPSA) is 37.3 Å². The summed E-state index contributed by atoms with van der Waals surface area (Å²) in [7, 11) is 0. The summed E-state index contributed by atoms with van der Waals surface area (Å²) in [5, 5.41) is 9.00. The van der Waals surface area contributed by atoms with Crippen molar-refractivity contribution in [3.05, 3.63) is 0 Å². The zero-order valence-corrected chi connectivity index (χ0v) is 13.5. The number of hydrogen-bond donors (Lipinski definition) is 2. The van der Waals surface area contributed by atoms with Gasteiger partial charge in [-0.15, -0.1) is 0 Å². The van der Waals surface area contributed by atoms with E-state index in [0.29, 0.717) is 11.7 Å². The zero-order chi connectivity index (χ0) is 14.3. The predicted octanol–water partition coefficient (Wildman–Crippen LogP) is 5.46. The van der Waals surface area contributed by atoms with Gasteiger partial charge >= 0.3 is 5.97 Å². The van der Waals surface area contributed by atoms with Crippen molar-refractivity contribution in [2.45, 2.75) is 95.6 Å². The molecular formula is C16H32O2S. The largest absolute Gasteiger partial charge is 0.481 e. The Morgan fingerprint density at radius 1 is 0.895 bits per heavy atom. The van der Waals surface area contributed by atoms with E-state index in [2.05, 4.69) is 19.6 Å². The van der Waals surface area contributed by atoms with Gasteiger partial charge in [-0.3, -0.25) is 4.79 Å². The van der Waals surface area contributed by atoms with Gasteiger partial charge in [0, 0.05) is 11.7 Å². The molecule has 1 atom stereocenters. The van der Waals surface area contributed by atoms with E-state index in [0.717, 1.165) is 19.3 Å². The molecule has 0 amide bonds. The van der Waals surface area contributed by atoms with Crippen molar-refractivity contribution in [1.82, 2.24) is 0 Å². The maximum absolute atomic E-state index is 10.4. The molecule has 0 aromatic carbocycles. The van der Waals surface area contributed by atoms with Gasteiger partial charge in [0.25, 0.3) is 0 Å². The summed E-state index contributed by atoms with van der Waals surface area (Å²) in [5.41, 5.74) is 0. The highest BCUT2D eigenvalue weighted by atomic mass is 32.1. The van der Waals surface area contributed by atoms with E-state index in [1.54, 1.807) is 0 Å². The van der Waals surface area contributed by atoms with Crippen LogP contribution in [0.25, 0.3) is 0 Å². The van der Waals surface area contributed by atoms with Gasteiger partial charge < -0.3 is 5.11 Å². The van der Waals surface area contributed by atoms with E-state index in [1.807, 2.05) is 0 Å². The Morgan fingerprint density at radius 3 is 1.89 bits per heavy atom. The van der Waals surface area contributed by atoms with E-state index in [1.165, 1.54) is 57.8 Å². The van der Waals surface area contributed by atoms with Crippen LogP contribution in [-0.2, 0) is 4.79 Å². The number of carbonyl (C=O) groups is 1. The lowest BCUT2D eigenvalue weighted by Crippen LogP contribution is -2.00. The number of aliphatic carboxylic acids is 1. The molecule has 1 N–H and O–H groups in total. The molecule has 19 heavy (non-hydrogen) atoms. The number of thiol groups is 1. The summed E-state index contributed by atoms with van der Waals surface area (Å²) in [6, 6.07) is 0. The number of carboxylic acids is 1. The molecule has 3 heteroatoms. The first kappa shape index (κ1) is 18.8. The van der Waals surface area contributed by atoms with Gasteiger partial charge in [-0.1, -0.05) is 64.7 Å². The van der Waals surface area contributed by atoms with Crippen LogP contribution in [0.2, 0.25) is 0 Å². The third-order valence-corrected chi connectivity index (χ3v) is 4.09. The molecule has 0 saturated heterocycles. The van der Waals surface area contributed by atoms with Crippen LogP contribution in [0.5, 0.6) is 0 Å². The Labute approximate surface area is 124 Å². The highest BCUT2D eigenvalue weighted by Gasteiger charge is 2.04.